The number of carbonyl (C=O) groups excluding carboxylic acids is 3. The molecule has 1 aliphatic carbocycles. The first-order valence-corrected chi connectivity index (χ1v) is 13.1. The molecule has 0 aliphatic heterocycles. The molecule has 1 aromatic heterocycles. The van der Waals surface area contributed by atoms with Crippen molar-refractivity contribution in [1.29, 1.82) is 0 Å². The molecule has 0 saturated heterocycles. The molecule has 1 fully saturated rings. The van der Waals surface area contributed by atoms with E-state index < -0.39 is 18.1 Å². The summed E-state index contributed by atoms with van der Waals surface area (Å²) in [5.41, 5.74) is 2.06. The van der Waals surface area contributed by atoms with Gasteiger partial charge in [-0.15, -0.1) is 0 Å². The van der Waals surface area contributed by atoms with Crippen LogP contribution in [-0.2, 0) is 16.1 Å². The van der Waals surface area contributed by atoms with Gasteiger partial charge in [0.25, 0.3) is 5.91 Å². The minimum atomic E-state index is -0.906. The van der Waals surface area contributed by atoms with E-state index in [1.165, 1.54) is 0 Å². The minimum absolute atomic E-state index is 0.0155. The van der Waals surface area contributed by atoms with Crippen molar-refractivity contribution in [1.82, 2.24) is 15.5 Å². The van der Waals surface area contributed by atoms with Gasteiger partial charge in [-0.25, -0.2) is 4.79 Å². The van der Waals surface area contributed by atoms with Crippen LogP contribution in [-0.4, -0.2) is 46.7 Å². The molecule has 3 atom stereocenters. The van der Waals surface area contributed by atoms with E-state index >= 15 is 0 Å². The molecular weight excluding hydrogens is 500 g/mol. The van der Waals surface area contributed by atoms with Gasteiger partial charge < -0.3 is 24.8 Å². The molecule has 0 bridgehead atoms. The summed E-state index contributed by atoms with van der Waals surface area (Å²) in [6.07, 6.45) is 1.46. The zero-order chi connectivity index (χ0) is 27.8. The van der Waals surface area contributed by atoms with E-state index in [9.17, 15) is 14.4 Å². The first-order valence-electron chi connectivity index (χ1n) is 13.1. The third-order valence-corrected chi connectivity index (χ3v) is 6.41. The topological polar surface area (TPSA) is 132 Å². The molecule has 10 heteroatoms. The van der Waals surface area contributed by atoms with E-state index in [1.54, 1.807) is 31.2 Å². The fourth-order valence-corrected chi connectivity index (χ4v) is 4.44. The first kappa shape index (κ1) is 27.7. The molecule has 0 radical (unpaired) electrons. The highest BCUT2D eigenvalue weighted by atomic mass is 16.6. The molecule has 3 aromatic rings. The number of H-pyrrole nitrogens is 1. The number of rotatable bonds is 11. The number of amides is 2. The second-order valence-corrected chi connectivity index (χ2v) is 9.85. The number of aldehydes is 1. The summed E-state index contributed by atoms with van der Waals surface area (Å²) in [5, 5.41) is 12.7. The number of ether oxygens (including phenoxy) is 3. The number of hydrogen-bond donors (Lipinski definition) is 3. The van der Waals surface area contributed by atoms with Crippen molar-refractivity contribution >= 4 is 24.1 Å². The summed E-state index contributed by atoms with van der Waals surface area (Å²) in [7, 11) is 0. The van der Waals surface area contributed by atoms with Crippen molar-refractivity contribution in [3.8, 4) is 11.5 Å². The second kappa shape index (κ2) is 12.9. The Kier molecular flexibility index (Phi) is 9.19. The SMILES string of the molecule is CC(C)NC(=O)O[C@@H]1CC[C@H](c2cc(NC(=O)C(C)Oc3cccc(OCc4ccccc4)c3C=O)n[nH]2)C1. The zero-order valence-corrected chi connectivity index (χ0v) is 22.3. The molecule has 2 amide bonds. The van der Waals surface area contributed by atoms with Gasteiger partial charge in [0.2, 0.25) is 0 Å². The molecule has 1 aliphatic rings. The van der Waals surface area contributed by atoms with Crippen molar-refractivity contribution in [2.45, 2.75) is 70.8 Å². The van der Waals surface area contributed by atoms with Crippen LogP contribution >= 0.6 is 0 Å². The molecule has 1 heterocycles. The van der Waals surface area contributed by atoms with E-state index in [-0.39, 0.29) is 29.4 Å². The summed E-state index contributed by atoms with van der Waals surface area (Å²) in [6, 6.07) is 16.4. The Hall–Kier alpha value is -4.34. The fraction of sp³-hybridized carbons (Fsp3) is 0.379. The van der Waals surface area contributed by atoms with Crippen LogP contribution in [0.15, 0.2) is 54.6 Å². The van der Waals surface area contributed by atoms with Crippen LogP contribution in [0.5, 0.6) is 11.5 Å². The third kappa shape index (κ3) is 7.59. The summed E-state index contributed by atoms with van der Waals surface area (Å²) in [5.74, 6) is 0.708. The lowest BCUT2D eigenvalue weighted by Crippen LogP contribution is -2.33. The molecule has 4 rings (SSSR count). The van der Waals surface area contributed by atoms with Crippen molar-refractivity contribution < 1.29 is 28.6 Å². The number of nitrogens with zero attached hydrogens (tertiary/aromatic N) is 1. The Morgan fingerprint density at radius 1 is 1.08 bits per heavy atom. The highest BCUT2D eigenvalue weighted by Gasteiger charge is 2.30. The Morgan fingerprint density at radius 2 is 1.85 bits per heavy atom. The Balaban J connectivity index is 1.31. The van der Waals surface area contributed by atoms with Gasteiger partial charge in [-0.05, 0) is 57.7 Å². The van der Waals surface area contributed by atoms with Crippen LogP contribution in [0.3, 0.4) is 0 Å². The van der Waals surface area contributed by atoms with E-state index in [0.29, 0.717) is 30.9 Å². The second-order valence-electron chi connectivity index (χ2n) is 9.85. The molecule has 1 unspecified atom stereocenters. The summed E-state index contributed by atoms with van der Waals surface area (Å²) >= 11 is 0. The normalized spacial score (nSPS) is 17.3. The minimum Gasteiger partial charge on any atom is -0.488 e. The van der Waals surface area contributed by atoms with Gasteiger partial charge in [0.05, 0.1) is 5.56 Å². The number of benzene rings is 2. The van der Waals surface area contributed by atoms with Gasteiger partial charge in [0.15, 0.2) is 18.2 Å². The van der Waals surface area contributed by atoms with E-state index in [1.807, 2.05) is 44.2 Å². The van der Waals surface area contributed by atoms with Gasteiger partial charge in [0.1, 0.15) is 24.2 Å². The van der Waals surface area contributed by atoms with Gasteiger partial charge in [-0.3, -0.25) is 14.7 Å². The van der Waals surface area contributed by atoms with Crippen LogP contribution in [0.25, 0.3) is 0 Å². The molecule has 0 spiro atoms. The predicted octanol–water partition coefficient (Wildman–Crippen LogP) is 4.98. The van der Waals surface area contributed by atoms with Crippen molar-refractivity contribution in [3.63, 3.8) is 0 Å². The quantitative estimate of drug-likeness (QED) is 0.296. The van der Waals surface area contributed by atoms with Gasteiger partial charge in [0, 0.05) is 23.7 Å². The molecule has 206 valence electrons. The lowest BCUT2D eigenvalue weighted by Gasteiger charge is -2.17. The first-order chi connectivity index (χ1) is 18.8. The molecular formula is C29H34N4O6. The third-order valence-electron chi connectivity index (χ3n) is 6.41. The van der Waals surface area contributed by atoms with Crippen molar-refractivity contribution in [3.05, 3.63) is 71.4 Å². The average molecular weight is 535 g/mol. The van der Waals surface area contributed by atoms with Crippen LogP contribution in [0.4, 0.5) is 10.6 Å². The van der Waals surface area contributed by atoms with Crippen LogP contribution < -0.4 is 20.1 Å². The molecule has 2 aromatic carbocycles. The fourth-order valence-electron chi connectivity index (χ4n) is 4.44. The maximum absolute atomic E-state index is 12.8. The van der Waals surface area contributed by atoms with Gasteiger partial charge in [-0.1, -0.05) is 36.4 Å². The largest absolute Gasteiger partial charge is 0.488 e. The number of alkyl carbamates (subject to hydrolysis) is 1. The highest BCUT2D eigenvalue weighted by molar-refractivity contribution is 5.93. The summed E-state index contributed by atoms with van der Waals surface area (Å²) in [6.45, 7) is 5.65. The molecule has 3 N–H and O–H groups in total. The Morgan fingerprint density at radius 3 is 2.59 bits per heavy atom. The molecule has 1 saturated carbocycles. The number of aromatic amines is 1. The standard InChI is InChI=1S/C29H34N4O6/c1-18(2)30-29(36)39-22-13-12-21(14-22)24-15-27(33-32-24)31-28(35)19(3)38-26-11-7-10-25(23(26)16-34)37-17-20-8-5-4-6-9-20/h4-11,15-16,18-19,21-22H,12-14,17H2,1-3H3,(H,30,36)(H2,31,32,33,35)/t19?,21-,22+/m0/s1. The van der Waals surface area contributed by atoms with Crippen molar-refractivity contribution in [2.75, 3.05) is 5.32 Å². The summed E-state index contributed by atoms with van der Waals surface area (Å²) in [4.78, 5) is 36.6. The van der Waals surface area contributed by atoms with Crippen LogP contribution in [0, 0.1) is 0 Å². The maximum Gasteiger partial charge on any atom is 0.407 e. The maximum atomic E-state index is 12.8. The molecule has 10 nitrogen and oxygen atoms in total. The zero-order valence-electron chi connectivity index (χ0n) is 22.3. The van der Waals surface area contributed by atoms with E-state index in [4.69, 9.17) is 14.2 Å². The number of nitrogens with one attached hydrogen (secondary N) is 3. The number of hydrogen-bond acceptors (Lipinski definition) is 7. The number of anilines is 1. The van der Waals surface area contributed by atoms with Gasteiger partial charge >= 0.3 is 6.09 Å². The van der Waals surface area contributed by atoms with E-state index in [0.717, 1.165) is 24.1 Å². The van der Waals surface area contributed by atoms with Gasteiger partial charge in [-0.2, -0.15) is 5.10 Å². The lowest BCUT2D eigenvalue weighted by molar-refractivity contribution is -0.122. The number of aromatic nitrogens is 2. The summed E-state index contributed by atoms with van der Waals surface area (Å²) < 4.78 is 17.2. The number of carbonyl (C=O) groups is 3. The van der Waals surface area contributed by atoms with Crippen LogP contribution in [0.1, 0.15) is 67.6 Å². The lowest BCUT2D eigenvalue weighted by atomic mass is 10.0. The predicted molar refractivity (Wildman–Crippen MR) is 145 cm³/mol. The highest BCUT2D eigenvalue weighted by Crippen LogP contribution is 2.36. The Labute approximate surface area is 227 Å². The monoisotopic (exact) mass is 534 g/mol. The van der Waals surface area contributed by atoms with Crippen molar-refractivity contribution in [2.24, 2.45) is 0 Å². The molecule has 39 heavy (non-hydrogen) atoms. The Bertz CT molecular complexity index is 1280. The smallest absolute Gasteiger partial charge is 0.407 e. The van der Waals surface area contributed by atoms with Crippen LogP contribution in [0.2, 0.25) is 0 Å². The average Bonchev–Trinajstić information content (AvgIpc) is 3.57. The van der Waals surface area contributed by atoms with E-state index in [2.05, 4.69) is 20.8 Å².